The van der Waals surface area contributed by atoms with Gasteiger partial charge in [-0.3, -0.25) is 4.79 Å². The second-order valence-corrected chi connectivity index (χ2v) is 6.12. The molecule has 0 aliphatic carbocycles. The highest BCUT2D eigenvalue weighted by Crippen LogP contribution is 2.24. The normalized spacial score (nSPS) is 11.2. The van der Waals surface area contributed by atoms with Crippen molar-refractivity contribution in [2.45, 2.75) is 52.4 Å². The molecule has 0 saturated carbocycles. The summed E-state index contributed by atoms with van der Waals surface area (Å²) in [7, 11) is 0. The lowest BCUT2D eigenvalue weighted by Crippen LogP contribution is -2.29. The molecular weight excluding hydrogens is 250 g/mol. The Balaban J connectivity index is 2.33. The Labute approximate surface area is 122 Å². The fourth-order valence-electron chi connectivity index (χ4n) is 1.85. The summed E-state index contributed by atoms with van der Waals surface area (Å²) in [5, 5.41) is 2.86. The van der Waals surface area contributed by atoms with E-state index < -0.39 is 0 Å². The van der Waals surface area contributed by atoms with Gasteiger partial charge in [0, 0.05) is 6.54 Å². The molecule has 1 aromatic carbocycles. The Kier molecular flexibility index (Phi) is 6.56. The van der Waals surface area contributed by atoms with Crippen molar-refractivity contribution in [2.24, 2.45) is 0 Å². The monoisotopic (exact) mass is 277 g/mol. The molecule has 0 fully saturated rings. The number of carbonyl (C=O) groups excluding carboxylic acids is 1. The van der Waals surface area contributed by atoms with Crippen LogP contribution in [-0.4, -0.2) is 19.1 Å². The summed E-state index contributed by atoms with van der Waals surface area (Å²) in [4.78, 5) is 11.6. The van der Waals surface area contributed by atoms with Crippen LogP contribution in [0.5, 0.6) is 5.75 Å². The first kappa shape index (κ1) is 16.5. The summed E-state index contributed by atoms with van der Waals surface area (Å²) in [6, 6.07) is 7.94. The van der Waals surface area contributed by atoms with Crippen LogP contribution < -0.4 is 10.1 Å². The Morgan fingerprint density at radius 3 is 2.35 bits per heavy atom. The predicted octanol–water partition coefficient (Wildman–Crippen LogP) is 3.67. The fourth-order valence-corrected chi connectivity index (χ4v) is 1.85. The van der Waals surface area contributed by atoms with Gasteiger partial charge in [-0.25, -0.2) is 0 Å². The number of benzene rings is 1. The molecule has 3 heteroatoms. The smallest absolute Gasteiger partial charge is 0.257 e. The van der Waals surface area contributed by atoms with Gasteiger partial charge in [0.1, 0.15) is 5.75 Å². The molecule has 0 aliphatic rings. The zero-order valence-corrected chi connectivity index (χ0v) is 13.2. The average molecular weight is 277 g/mol. The molecule has 1 rings (SSSR count). The van der Waals surface area contributed by atoms with Crippen molar-refractivity contribution in [3.05, 3.63) is 29.8 Å². The summed E-state index contributed by atoms with van der Waals surface area (Å²) in [5.41, 5.74) is 1.39. The highest BCUT2D eigenvalue weighted by atomic mass is 16.5. The van der Waals surface area contributed by atoms with Crippen molar-refractivity contribution in [3.8, 4) is 5.75 Å². The number of rotatable bonds is 7. The molecule has 0 unspecified atom stereocenters. The van der Waals surface area contributed by atoms with Gasteiger partial charge in [-0.05, 0) is 29.5 Å². The van der Waals surface area contributed by atoms with Crippen LogP contribution in [0.15, 0.2) is 24.3 Å². The van der Waals surface area contributed by atoms with Crippen molar-refractivity contribution < 1.29 is 9.53 Å². The second-order valence-electron chi connectivity index (χ2n) is 6.12. The van der Waals surface area contributed by atoms with Gasteiger partial charge in [0.2, 0.25) is 0 Å². The molecule has 0 aromatic heterocycles. The largest absolute Gasteiger partial charge is 0.484 e. The first-order valence-corrected chi connectivity index (χ1v) is 7.43. The summed E-state index contributed by atoms with van der Waals surface area (Å²) in [5.74, 6) is 0.683. The van der Waals surface area contributed by atoms with Crippen molar-refractivity contribution >= 4 is 5.91 Å². The molecular formula is C17H27NO2. The van der Waals surface area contributed by atoms with E-state index in [-0.39, 0.29) is 17.9 Å². The first-order valence-electron chi connectivity index (χ1n) is 7.43. The molecule has 112 valence electrons. The van der Waals surface area contributed by atoms with E-state index in [0.717, 1.165) is 31.6 Å². The number of nitrogens with one attached hydrogen (secondary N) is 1. The lowest BCUT2D eigenvalue weighted by molar-refractivity contribution is -0.123. The summed E-state index contributed by atoms with van der Waals surface area (Å²) < 4.78 is 5.48. The SMILES string of the molecule is CCCCCNC(=O)COc1ccc(C(C)(C)C)cc1. The number of carbonyl (C=O) groups is 1. The molecule has 20 heavy (non-hydrogen) atoms. The zero-order valence-electron chi connectivity index (χ0n) is 13.2. The van der Waals surface area contributed by atoms with Crippen molar-refractivity contribution in [1.29, 1.82) is 0 Å². The van der Waals surface area contributed by atoms with Crippen LogP contribution in [0.1, 0.15) is 52.5 Å². The van der Waals surface area contributed by atoms with E-state index in [9.17, 15) is 4.79 Å². The molecule has 0 aliphatic heterocycles. The number of ether oxygens (including phenoxy) is 1. The number of unbranched alkanes of at least 4 members (excludes halogenated alkanes) is 2. The number of hydrogen-bond acceptors (Lipinski definition) is 2. The molecule has 0 spiro atoms. The average Bonchev–Trinajstić information content (AvgIpc) is 2.41. The predicted molar refractivity (Wildman–Crippen MR) is 83.2 cm³/mol. The van der Waals surface area contributed by atoms with Crippen molar-refractivity contribution in [1.82, 2.24) is 5.32 Å². The van der Waals surface area contributed by atoms with Crippen molar-refractivity contribution in [3.63, 3.8) is 0 Å². The molecule has 0 radical (unpaired) electrons. The highest BCUT2D eigenvalue weighted by Gasteiger charge is 2.13. The van der Waals surface area contributed by atoms with Crippen LogP contribution in [0.3, 0.4) is 0 Å². The second kappa shape index (κ2) is 7.93. The lowest BCUT2D eigenvalue weighted by atomic mass is 9.87. The van der Waals surface area contributed by atoms with E-state index in [4.69, 9.17) is 4.74 Å². The van der Waals surface area contributed by atoms with E-state index in [1.54, 1.807) is 0 Å². The minimum Gasteiger partial charge on any atom is -0.484 e. The molecule has 0 bridgehead atoms. The molecule has 0 atom stereocenters. The van der Waals surface area contributed by atoms with Gasteiger partial charge in [0.25, 0.3) is 5.91 Å². The number of hydrogen-bond donors (Lipinski definition) is 1. The third-order valence-electron chi connectivity index (χ3n) is 3.19. The van der Waals surface area contributed by atoms with Crippen LogP contribution in [0, 0.1) is 0 Å². The molecule has 1 aromatic rings. The fraction of sp³-hybridized carbons (Fsp3) is 0.588. The van der Waals surface area contributed by atoms with Gasteiger partial charge in [-0.2, -0.15) is 0 Å². The Morgan fingerprint density at radius 1 is 1.15 bits per heavy atom. The highest BCUT2D eigenvalue weighted by molar-refractivity contribution is 5.77. The summed E-state index contributed by atoms with van der Waals surface area (Å²) >= 11 is 0. The standard InChI is InChI=1S/C17H27NO2/c1-5-6-7-12-18-16(19)13-20-15-10-8-14(9-11-15)17(2,3)4/h8-11H,5-7,12-13H2,1-4H3,(H,18,19). The van der Waals surface area contributed by atoms with Gasteiger partial charge >= 0.3 is 0 Å². The van der Waals surface area contributed by atoms with Gasteiger partial charge in [-0.15, -0.1) is 0 Å². The summed E-state index contributed by atoms with van der Waals surface area (Å²) in [6.45, 7) is 9.48. The third kappa shape index (κ3) is 6.09. The number of amides is 1. The van der Waals surface area contributed by atoms with E-state index in [1.165, 1.54) is 5.56 Å². The topological polar surface area (TPSA) is 38.3 Å². The van der Waals surface area contributed by atoms with Crippen LogP contribution in [0.25, 0.3) is 0 Å². The third-order valence-corrected chi connectivity index (χ3v) is 3.19. The maximum atomic E-state index is 11.6. The summed E-state index contributed by atoms with van der Waals surface area (Å²) in [6.07, 6.45) is 3.34. The van der Waals surface area contributed by atoms with Crippen LogP contribution in [0.4, 0.5) is 0 Å². The minimum atomic E-state index is -0.0546. The van der Waals surface area contributed by atoms with E-state index in [2.05, 4.69) is 45.1 Å². The quantitative estimate of drug-likeness (QED) is 0.772. The maximum Gasteiger partial charge on any atom is 0.257 e. The first-order chi connectivity index (χ1) is 9.43. The molecule has 0 heterocycles. The van der Waals surface area contributed by atoms with Crippen molar-refractivity contribution in [2.75, 3.05) is 13.2 Å². The molecule has 3 nitrogen and oxygen atoms in total. The minimum absolute atomic E-state index is 0.0546. The van der Waals surface area contributed by atoms with E-state index in [1.807, 2.05) is 12.1 Å². The molecule has 1 amide bonds. The Morgan fingerprint density at radius 2 is 1.80 bits per heavy atom. The lowest BCUT2D eigenvalue weighted by Gasteiger charge is -2.19. The van der Waals surface area contributed by atoms with Crippen LogP contribution >= 0.6 is 0 Å². The van der Waals surface area contributed by atoms with Gasteiger partial charge in [0.05, 0.1) is 0 Å². The molecule has 0 saturated heterocycles. The van der Waals surface area contributed by atoms with E-state index >= 15 is 0 Å². The van der Waals surface area contributed by atoms with Crippen LogP contribution in [0.2, 0.25) is 0 Å². The Hall–Kier alpha value is -1.51. The molecule has 1 N–H and O–H groups in total. The van der Waals surface area contributed by atoms with Gasteiger partial charge in [0.15, 0.2) is 6.61 Å². The van der Waals surface area contributed by atoms with Gasteiger partial charge < -0.3 is 10.1 Å². The van der Waals surface area contributed by atoms with Gasteiger partial charge in [-0.1, -0.05) is 52.7 Å². The Bertz CT molecular complexity index is 404. The van der Waals surface area contributed by atoms with E-state index in [0.29, 0.717) is 0 Å². The zero-order chi connectivity index (χ0) is 15.0. The van der Waals surface area contributed by atoms with Crippen LogP contribution in [-0.2, 0) is 10.2 Å². The maximum absolute atomic E-state index is 11.6.